The number of benzene rings is 1. The van der Waals surface area contributed by atoms with Crippen LogP contribution in [-0.2, 0) is 0 Å². The van der Waals surface area contributed by atoms with Gasteiger partial charge < -0.3 is 4.90 Å². The quantitative estimate of drug-likeness (QED) is 0.489. The van der Waals surface area contributed by atoms with Gasteiger partial charge in [0.2, 0.25) is 0 Å². The van der Waals surface area contributed by atoms with E-state index in [1.165, 1.54) is 0 Å². The summed E-state index contributed by atoms with van der Waals surface area (Å²) in [5.41, 5.74) is -0.401. The van der Waals surface area contributed by atoms with E-state index in [1.807, 2.05) is 6.92 Å². The van der Waals surface area contributed by atoms with E-state index in [1.54, 1.807) is 4.90 Å². The Morgan fingerprint density at radius 3 is 2.57 bits per heavy atom. The summed E-state index contributed by atoms with van der Waals surface area (Å²) >= 11 is 6.05. The van der Waals surface area contributed by atoms with E-state index in [9.17, 15) is 19.3 Å². The molecule has 114 valence electrons. The maximum absolute atomic E-state index is 13.4. The van der Waals surface area contributed by atoms with Crippen LogP contribution in [0.1, 0.15) is 30.1 Å². The van der Waals surface area contributed by atoms with Crippen LogP contribution >= 0.6 is 11.6 Å². The van der Waals surface area contributed by atoms with Crippen LogP contribution in [0.4, 0.5) is 10.1 Å². The number of piperidine rings is 1. The number of non-ortho nitro benzene ring substituents is 1. The molecule has 1 atom stereocenters. The van der Waals surface area contributed by atoms with Crippen LogP contribution in [0.3, 0.4) is 0 Å². The van der Waals surface area contributed by atoms with Crippen molar-refractivity contribution in [2.24, 2.45) is 5.92 Å². The highest BCUT2D eigenvalue weighted by molar-refractivity contribution is 6.20. The molecule has 0 bridgehead atoms. The van der Waals surface area contributed by atoms with Gasteiger partial charge in [0.1, 0.15) is 5.82 Å². The number of hydrogen-bond donors (Lipinski definition) is 0. The summed E-state index contributed by atoms with van der Waals surface area (Å²) in [6.45, 7) is 3.00. The van der Waals surface area contributed by atoms with Crippen molar-refractivity contribution >= 4 is 23.2 Å². The molecule has 1 saturated heterocycles. The number of nitro benzene ring substituents is 1. The highest BCUT2D eigenvalue weighted by Gasteiger charge is 2.27. The summed E-state index contributed by atoms with van der Waals surface area (Å²) < 4.78 is 13.4. The van der Waals surface area contributed by atoms with Gasteiger partial charge in [0, 0.05) is 30.1 Å². The van der Waals surface area contributed by atoms with Gasteiger partial charge in [0.25, 0.3) is 11.6 Å². The third-order valence-corrected chi connectivity index (χ3v) is 4.17. The van der Waals surface area contributed by atoms with Crippen molar-refractivity contribution in [1.29, 1.82) is 0 Å². The molecule has 1 unspecified atom stereocenters. The van der Waals surface area contributed by atoms with Gasteiger partial charge in [-0.25, -0.2) is 4.39 Å². The normalized spacial score (nSPS) is 17.6. The minimum absolute atomic E-state index is 0.0130. The Morgan fingerprint density at radius 1 is 1.43 bits per heavy atom. The molecule has 1 amide bonds. The van der Waals surface area contributed by atoms with Crippen molar-refractivity contribution in [3.63, 3.8) is 0 Å². The molecule has 1 aliphatic rings. The van der Waals surface area contributed by atoms with E-state index in [-0.39, 0.29) is 16.8 Å². The predicted octanol–water partition coefficient (Wildman–Crippen LogP) is 3.21. The molecule has 1 heterocycles. The van der Waals surface area contributed by atoms with Crippen molar-refractivity contribution in [2.75, 3.05) is 13.1 Å². The fourth-order valence-electron chi connectivity index (χ4n) is 2.55. The topological polar surface area (TPSA) is 63.5 Å². The van der Waals surface area contributed by atoms with E-state index < -0.39 is 16.4 Å². The van der Waals surface area contributed by atoms with Gasteiger partial charge in [-0.05, 0) is 31.7 Å². The van der Waals surface area contributed by atoms with Gasteiger partial charge in [-0.1, -0.05) is 0 Å². The number of hydrogen-bond acceptors (Lipinski definition) is 3. The third kappa shape index (κ3) is 3.69. The molecule has 0 radical (unpaired) electrons. The number of alkyl halides is 1. The zero-order valence-corrected chi connectivity index (χ0v) is 12.3. The fourth-order valence-corrected chi connectivity index (χ4v) is 2.80. The monoisotopic (exact) mass is 314 g/mol. The smallest absolute Gasteiger partial charge is 0.273 e. The molecular formula is C14H16ClFN2O3. The van der Waals surface area contributed by atoms with Crippen LogP contribution in [0.25, 0.3) is 0 Å². The molecular weight excluding hydrogens is 299 g/mol. The first kappa shape index (κ1) is 15.7. The molecule has 21 heavy (non-hydrogen) atoms. The van der Waals surface area contributed by atoms with Crippen LogP contribution in [0, 0.1) is 21.8 Å². The number of nitro groups is 1. The Hall–Kier alpha value is -1.69. The molecule has 1 aromatic rings. The summed E-state index contributed by atoms with van der Waals surface area (Å²) in [7, 11) is 0. The van der Waals surface area contributed by atoms with Gasteiger partial charge in [0.15, 0.2) is 0 Å². The van der Waals surface area contributed by atoms with Crippen molar-refractivity contribution in [2.45, 2.75) is 25.1 Å². The minimum Gasteiger partial charge on any atom is -0.339 e. The number of carbonyl (C=O) groups is 1. The first-order valence-electron chi connectivity index (χ1n) is 6.77. The Labute approximate surface area is 126 Å². The van der Waals surface area contributed by atoms with Gasteiger partial charge in [-0.2, -0.15) is 0 Å². The van der Waals surface area contributed by atoms with E-state index in [0.717, 1.165) is 31.0 Å². The minimum atomic E-state index is -0.781. The first-order valence-corrected chi connectivity index (χ1v) is 7.20. The van der Waals surface area contributed by atoms with E-state index in [4.69, 9.17) is 11.6 Å². The average Bonchev–Trinajstić information content (AvgIpc) is 2.45. The predicted molar refractivity (Wildman–Crippen MR) is 77.0 cm³/mol. The third-order valence-electron chi connectivity index (χ3n) is 3.82. The molecule has 0 aliphatic carbocycles. The van der Waals surface area contributed by atoms with E-state index in [2.05, 4.69) is 0 Å². The lowest BCUT2D eigenvalue weighted by atomic mass is 9.93. The van der Waals surface area contributed by atoms with E-state index >= 15 is 0 Å². The zero-order valence-electron chi connectivity index (χ0n) is 11.6. The second-order valence-electron chi connectivity index (χ2n) is 5.26. The lowest BCUT2D eigenvalue weighted by Crippen LogP contribution is -2.40. The molecule has 1 aliphatic heterocycles. The van der Waals surface area contributed by atoms with Crippen molar-refractivity contribution in [3.05, 3.63) is 39.7 Å². The van der Waals surface area contributed by atoms with Gasteiger partial charge in [0.05, 0.1) is 11.0 Å². The average molecular weight is 315 g/mol. The molecule has 0 saturated carbocycles. The second-order valence-corrected chi connectivity index (χ2v) is 5.95. The largest absolute Gasteiger partial charge is 0.339 e. The molecule has 0 aromatic heterocycles. The summed E-state index contributed by atoms with van der Waals surface area (Å²) in [5, 5.41) is 10.8. The fraction of sp³-hybridized carbons (Fsp3) is 0.500. The van der Waals surface area contributed by atoms with Gasteiger partial charge in [-0.3, -0.25) is 14.9 Å². The molecule has 0 spiro atoms. The number of rotatable bonds is 3. The zero-order chi connectivity index (χ0) is 15.6. The Balaban J connectivity index is 2.12. The van der Waals surface area contributed by atoms with Crippen LogP contribution in [0.5, 0.6) is 0 Å². The van der Waals surface area contributed by atoms with Gasteiger partial charge >= 0.3 is 0 Å². The maximum atomic E-state index is 13.4. The van der Waals surface area contributed by atoms with Crippen molar-refractivity contribution < 1.29 is 14.1 Å². The highest BCUT2D eigenvalue weighted by atomic mass is 35.5. The Kier molecular flexibility index (Phi) is 4.77. The summed E-state index contributed by atoms with van der Waals surface area (Å²) in [4.78, 5) is 23.9. The standard InChI is InChI=1S/C14H16ClFN2O3/c1-9(15)10-2-4-17(5-3-10)14(19)11-6-12(16)8-13(7-11)18(20)21/h6-10H,2-5H2,1H3. The molecule has 2 rings (SSSR count). The molecule has 5 nitrogen and oxygen atoms in total. The molecule has 1 fully saturated rings. The lowest BCUT2D eigenvalue weighted by Gasteiger charge is -2.33. The number of carbonyl (C=O) groups excluding carboxylic acids is 1. The number of nitrogens with zero attached hydrogens (tertiary/aromatic N) is 2. The molecule has 7 heteroatoms. The first-order chi connectivity index (χ1) is 9.88. The SMILES string of the molecule is CC(Cl)C1CCN(C(=O)c2cc(F)cc([N+](=O)[O-])c2)CC1. The van der Waals surface area contributed by atoms with Gasteiger partial charge in [-0.15, -0.1) is 11.6 Å². The van der Waals surface area contributed by atoms with Crippen LogP contribution in [-0.4, -0.2) is 34.2 Å². The summed E-state index contributed by atoms with van der Waals surface area (Å²) in [6.07, 6.45) is 1.57. The lowest BCUT2D eigenvalue weighted by molar-refractivity contribution is -0.385. The summed E-state index contributed by atoms with van der Waals surface area (Å²) in [6, 6.07) is 2.95. The maximum Gasteiger partial charge on any atom is 0.273 e. The summed E-state index contributed by atoms with van der Waals surface area (Å²) in [5.74, 6) is -0.798. The van der Waals surface area contributed by atoms with Crippen LogP contribution in [0.15, 0.2) is 18.2 Å². The van der Waals surface area contributed by atoms with Crippen LogP contribution in [0.2, 0.25) is 0 Å². The number of halogens is 2. The highest BCUT2D eigenvalue weighted by Crippen LogP contribution is 2.25. The second kappa shape index (κ2) is 6.39. The van der Waals surface area contributed by atoms with Crippen molar-refractivity contribution in [1.82, 2.24) is 4.90 Å². The molecule has 1 aromatic carbocycles. The molecule has 0 N–H and O–H groups in total. The van der Waals surface area contributed by atoms with E-state index in [0.29, 0.717) is 19.0 Å². The number of likely N-dealkylation sites (tertiary alicyclic amines) is 1. The Morgan fingerprint density at radius 2 is 2.05 bits per heavy atom. The number of amides is 1. The van der Waals surface area contributed by atoms with Crippen molar-refractivity contribution in [3.8, 4) is 0 Å². The van der Waals surface area contributed by atoms with Crippen LogP contribution < -0.4 is 0 Å². The Bertz CT molecular complexity index is 557.